The lowest BCUT2D eigenvalue weighted by Gasteiger charge is -2.57. The fraction of sp³-hybridized carbons (Fsp3) is 0.941. The summed E-state index contributed by atoms with van der Waals surface area (Å²) < 4.78 is 27.0. The Balaban J connectivity index is 1.31. The Morgan fingerprint density at radius 3 is 2.05 bits per heavy atom. The van der Waals surface area contributed by atoms with Crippen LogP contribution in [0.4, 0.5) is 0 Å². The summed E-state index contributed by atoms with van der Waals surface area (Å²) in [6, 6.07) is 3.57. The molecular formula is C68H124O7S2Si2. The Morgan fingerprint density at radius 2 is 1.41 bits per heavy atom. The molecule has 11 heteroatoms. The molecule has 7 rings (SSSR count). The largest absolute Gasteiger partial charge is 0.416 e. The van der Waals surface area contributed by atoms with Crippen LogP contribution in [0.3, 0.4) is 0 Å². The lowest BCUT2D eigenvalue weighted by molar-refractivity contribution is -0.121. The van der Waals surface area contributed by atoms with Crippen molar-refractivity contribution in [2.45, 2.75) is 295 Å². The molecule has 1 aliphatic heterocycles. The molecule has 0 aromatic rings. The molecular weight excluding hydrogens is 1050 g/mol. The minimum absolute atomic E-state index is 0.0122. The predicted molar refractivity (Wildman–Crippen MR) is 343 cm³/mol. The van der Waals surface area contributed by atoms with Gasteiger partial charge in [-0.25, -0.2) is 0 Å². The average Bonchev–Trinajstić information content (AvgIpc) is 3.99. The van der Waals surface area contributed by atoms with Gasteiger partial charge in [-0.05, 0) is 238 Å². The maximum absolute atomic E-state index is 13.5. The number of thioether (sulfide) groups is 2. The van der Waals surface area contributed by atoms with Crippen LogP contribution in [0.5, 0.6) is 0 Å². The van der Waals surface area contributed by atoms with E-state index in [0.29, 0.717) is 52.8 Å². The third-order valence-electron chi connectivity index (χ3n) is 24.4. The molecule has 0 aromatic heterocycles. The van der Waals surface area contributed by atoms with Gasteiger partial charge in [0, 0.05) is 19.1 Å². The number of rotatable bonds is 18. The first-order chi connectivity index (χ1) is 37.2. The van der Waals surface area contributed by atoms with Crippen LogP contribution in [-0.4, -0.2) is 98.6 Å². The molecule has 6 bridgehead atoms. The van der Waals surface area contributed by atoms with Crippen molar-refractivity contribution < 1.29 is 33.6 Å². The van der Waals surface area contributed by atoms with E-state index in [1.165, 1.54) is 99.4 Å². The van der Waals surface area contributed by atoms with Crippen molar-refractivity contribution in [2.24, 2.45) is 69.0 Å². The molecule has 458 valence electrons. The van der Waals surface area contributed by atoms with Gasteiger partial charge < -0.3 is 33.6 Å². The normalized spacial score (nSPS) is 38.9. The van der Waals surface area contributed by atoms with E-state index in [9.17, 15) is 15.3 Å². The van der Waals surface area contributed by atoms with Crippen molar-refractivity contribution >= 4 is 40.2 Å². The Bertz CT molecular complexity index is 1940. The molecule has 3 N–H and O–H groups in total. The molecule has 0 amide bonds. The van der Waals surface area contributed by atoms with E-state index in [1.807, 2.05) is 0 Å². The lowest BCUT2D eigenvalue weighted by atomic mass is 9.50. The molecule has 3 spiro atoms. The third kappa shape index (κ3) is 14.7. The van der Waals surface area contributed by atoms with Gasteiger partial charge in [-0.3, -0.25) is 0 Å². The number of ether oxygens (including phenoxy) is 2. The smallest absolute Gasteiger partial charge is 0.200 e. The maximum atomic E-state index is 13.5. The summed E-state index contributed by atoms with van der Waals surface area (Å²) >= 11 is 4.60. The van der Waals surface area contributed by atoms with Crippen molar-refractivity contribution in [2.75, 3.05) is 38.6 Å². The van der Waals surface area contributed by atoms with E-state index in [2.05, 4.69) is 146 Å². The van der Waals surface area contributed by atoms with Crippen LogP contribution in [-0.2, 0) is 18.3 Å². The van der Waals surface area contributed by atoms with E-state index in [0.717, 1.165) is 70.3 Å². The Kier molecular flexibility index (Phi) is 23.3. The summed E-state index contributed by atoms with van der Waals surface area (Å²) in [4.78, 5) is 0. The van der Waals surface area contributed by atoms with E-state index < -0.39 is 40.4 Å². The van der Waals surface area contributed by atoms with Gasteiger partial charge in [0.05, 0.1) is 34.6 Å². The number of hydrogen-bond acceptors (Lipinski definition) is 9. The number of aliphatic hydroxyl groups excluding tert-OH is 3. The predicted octanol–water partition coefficient (Wildman–Crippen LogP) is 18.2. The fourth-order valence-corrected chi connectivity index (χ4v) is 32.5. The molecule has 0 radical (unpaired) electrons. The molecule has 1 heterocycles. The van der Waals surface area contributed by atoms with Crippen molar-refractivity contribution in [1.29, 1.82) is 0 Å². The van der Waals surface area contributed by atoms with Gasteiger partial charge in [0.1, 0.15) is 6.79 Å². The van der Waals surface area contributed by atoms with Crippen LogP contribution >= 0.6 is 23.5 Å². The summed E-state index contributed by atoms with van der Waals surface area (Å²) in [5.74, 6) is 4.70. The van der Waals surface area contributed by atoms with Gasteiger partial charge in [-0.15, -0.1) is 23.5 Å². The molecule has 7 nitrogen and oxygen atoms in total. The Hall–Kier alpha value is 0.334. The van der Waals surface area contributed by atoms with Gasteiger partial charge in [0.2, 0.25) is 0 Å². The number of hydrogen-bond donors (Lipinski definition) is 3. The van der Waals surface area contributed by atoms with Crippen molar-refractivity contribution in [3.05, 3.63) is 23.8 Å². The first-order valence-corrected chi connectivity index (χ1v) is 40.0. The topological polar surface area (TPSA) is 97.6 Å². The number of methoxy groups -OCH3 is 1. The lowest BCUT2D eigenvalue weighted by Crippen LogP contribution is -2.57. The summed E-state index contributed by atoms with van der Waals surface area (Å²) in [7, 11) is -2.32. The second-order valence-corrected chi connectivity index (χ2v) is 44.3. The van der Waals surface area contributed by atoms with Gasteiger partial charge in [-0.2, -0.15) is 0 Å². The highest BCUT2D eigenvalue weighted by Gasteiger charge is 2.62. The van der Waals surface area contributed by atoms with Crippen molar-refractivity contribution in [1.82, 2.24) is 0 Å². The van der Waals surface area contributed by atoms with E-state index in [1.54, 1.807) is 7.11 Å². The molecule has 7 aliphatic rings. The highest BCUT2D eigenvalue weighted by Crippen LogP contribution is 2.68. The van der Waals surface area contributed by atoms with Crippen LogP contribution in [0.25, 0.3) is 0 Å². The molecule has 79 heavy (non-hydrogen) atoms. The minimum Gasteiger partial charge on any atom is -0.416 e. The quantitative estimate of drug-likeness (QED) is 0.0537. The summed E-state index contributed by atoms with van der Waals surface area (Å²) in [5.41, 5.74) is 2.74. The Labute approximate surface area is 497 Å². The third-order valence-corrected chi connectivity index (χ3v) is 38.6. The highest BCUT2D eigenvalue weighted by atomic mass is 32.2. The molecule has 5 fully saturated rings. The number of allylic oxidation sites excluding steroid dienone is 1. The standard InChI is InChI=1S/C68H124O7S2Si2/c1-17-78(18-2,19-3)75-64(15)29-26-54-35-57(69)24-20-25-61(70)67(37-51(10)53(12)44-74-79(48(4)5,49(6)7)50(8)9)30-27-55(45-73-47-72-16)36-60(67)59-43-63(13,14)42-58(62(59)71)52(11)38-68(76-33-22-34-77-68)41-56-23-21-28-65(39-56)31-32-66(64,40-54)46-65/h20,24,36,48-54,56-62,69-71H,17-19,21-23,25-35,37-47H2,1-16H3/b24-20+/t51-,52+,53-,54+,56+,57?,58+,59-,60-,61+,62+,64+,65+,66+,67+/m0/s1. The molecule has 4 saturated carbocycles. The van der Waals surface area contributed by atoms with E-state index in [4.69, 9.17) is 18.3 Å². The number of fused-ring (bicyclic) bond motifs is 6. The van der Waals surface area contributed by atoms with Gasteiger partial charge in [0.25, 0.3) is 0 Å². The zero-order valence-corrected chi connectivity index (χ0v) is 57.5. The molecule has 6 aliphatic carbocycles. The van der Waals surface area contributed by atoms with E-state index in [-0.39, 0.29) is 51.0 Å². The highest BCUT2D eigenvalue weighted by molar-refractivity contribution is 8.18. The van der Waals surface area contributed by atoms with Crippen LogP contribution in [0, 0.1) is 69.0 Å². The number of aliphatic hydroxyl groups is 3. The van der Waals surface area contributed by atoms with Crippen LogP contribution in [0.2, 0.25) is 34.8 Å². The summed E-state index contributed by atoms with van der Waals surface area (Å²) in [5, 5.41) is 39.3. The summed E-state index contributed by atoms with van der Waals surface area (Å²) in [6.07, 6.45) is 27.3. The summed E-state index contributed by atoms with van der Waals surface area (Å²) in [6.45, 7) is 38.0. The SMILES string of the molecule is CC[Si](CC)(CC)O[C@]1(C)CC[C@@H]2CC(O)/C=C/C[C@@H](O)[C@@]3(C[C@H](C)[C@@H](C)CO[Si](C(C)C)(C(C)C)C(C)C)CCC(COCOC)=C[C@H]3[C@@H]3CC(C)(C)C[C@@H]([C@H]3O)[C@H](C)CC3(C[C@@H]4CCC[C@@]5(CC[C@@]1(C2)C5)C4)SCCCS3. The molecule has 15 atom stereocenters. The van der Waals surface area contributed by atoms with Crippen molar-refractivity contribution in [3.63, 3.8) is 0 Å². The zero-order valence-electron chi connectivity index (χ0n) is 53.9. The van der Waals surface area contributed by atoms with Gasteiger partial charge >= 0.3 is 0 Å². The second kappa shape index (κ2) is 27.6. The van der Waals surface area contributed by atoms with Crippen LogP contribution in [0.15, 0.2) is 23.8 Å². The fourth-order valence-electron chi connectivity index (χ4n) is 19.9. The van der Waals surface area contributed by atoms with Gasteiger partial charge in [0.15, 0.2) is 16.6 Å². The first-order valence-electron chi connectivity index (χ1n) is 33.3. The molecule has 1 saturated heterocycles. The Morgan fingerprint density at radius 1 is 0.734 bits per heavy atom. The molecule has 0 aromatic carbocycles. The van der Waals surface area contributed by atoms with Gasteiger partial charge in [-0.1, -0.05) is 128 Å². The maximum Gasteiger partial charge on any atom is 0.200 e. The van der Waals surface area contributed by atoms with Crippen LogP contribution < -0.4 is 0 Å². The minimum atomic E-state index is -2.10. The molecule has 1 unspecified atom stereocenters. The average molecular weight is 1170 g/mol. The van der Waals surface area contributed by atoms with E-state index >= 15 is 0 Å². The second-order valence-electron chi connectivity index (χ2n) is 31.0. The monoisotopic (exact) mass is 1170 g/mol. The van der Waals surface area contributed by atoms with Crippen molar-refractivity contribution in [3.8, 4) is 0 Å². The van der Waals surface area contributed by atoms with Crippen LogP contribution in [0.1, 0.15) is 232 Å². The zero-order chi connectivity index (χ0) is 57.8. The first kappa shape index (κ1) is 66.9.